The summed E-state index contributed by atoms with van der Waals surface area (Å²) in [5.41, 5.74) is 1.12. The fourth-order valence-electron chi connectivity index (χ4n) is 3.20. The minimum absolute atomic E-state index is 0.0432. The third kappa shape index (κ3) is 3.81. The van der Waals surface area contributed by atoms with Crippen molar-refractivity contribution in [2.45, 2.75) is 25.9 Å². The van der Waals surface area contributed by atoms with Crippen molar-refractivity contribution in [3.05, 3.63) is 18.0 Å². The number of hydrogen-bond donors (Lipinski definition) is 0. The number of aryl methyl sites for hydroxylation is 1. The fraction of sp³-hybridized carbons (Fsp3) is 0.733. The molecule has 2 atom stereocenters. The van der Waals surface area contributed by atoms with Gasteiger partial charge in [-0.25, -0.2) is 18.4 Å². The highest BCUT2D eigenvalue weighted by molar-refractivity contribution is 7.88. The molecule has 3 heterocycles. The Kier molecular flexibility index (Phi) is 4.84. The molecule has 0 saturated carbocycles. The second kappa shape index (κ2) is 6.70. The van der Waals surface area contributed by atoms with E-state index in [2.05, 4.69) is 21.8 Å². The van der Waals surface area contributed by atoms with E-state index >= 15 is 0 Å². The van der Waals surface area contributed by atoms with Crippen molar-refractivity contribution in [2.75, 3.05) is 43.9 Å². The minimum atomic E-state index is -3.15. The molecule has 0 amide bonds. The summed E-state index contributed by atoms with van der Waals surface area (Å²) in [5, 5.41) is 0. The van der Waals surface area contributed by atoms with Gasteiger partial charge < -0.3 is 9.64 Å². The average molecular weight is 340 g/mol. The highest BCUT2D eigenvalue weighted by Crippen LogP contribution is 2.26. The van der Waals surface area contributed by atoms with E-state index in [1.165, 1.54) is 10.6 Å². The normalized spacial score (nSPS) is 26.6. The molecule has 0 N–H and O–H groups in total. The molecule has 2 fully saturated rings. The molecule has 2 aliphatic heterocycles. The second-order valence-corrected chi connectivity index (χ2v) is 8.25. The van der Waals surface area contributed by atoms with E-state index in [9.17, 15) is 8.42 Å². The molecular weight excluding hydrogens is 316 g/mol. The van der Waals surface area contributed by atoms with E-state index in [1.54, 1.807) is 0 Å². The summed E-state index contributed by atoms with van der Waals surface area (Å²) < 4.78 is 30.9. The van der Waals surface area contributed by atoms with Crippen molar-refractivity contribution in [2.24, 2.45) is 5.92 Å². The van der Waals surface area contributed by atoms with E-state index < -0.39 is 10.0 Å². The zero-order chi connectivity index (χ0) is 16.4. The molecule has 0 bridgehead atoms. The average Bonchev–Trinajstić information content (AvgIpc) is 2.75. The van der Waals surface area contributed by atoms with Crippen LogP contribution in [0.2, 0.25) is 0 Å². The number of anilines is 1. The van der Waals surface area contributed by atoms with Crippen LogP contribution in [0.5, 0.6) is 0 Å². The van der Waals surface area contributed by atoms with E-state index in [0.717, 1.165) is 37.4 Å². The number of fused-ring (bicyclic) bond motifs is 1. The number of sulfonamides is 1. The quantitative estimate of drug-likeness (QED) is 0.799. The Morgan fingerprint density at radius 2 is 2.00 bits per heavy atom. The van der Waals surface area contributed by atoms with Crippen LogP contribution in [0.15, 0.2) is 12.4 Å². The predicted molar refractivity (Wildman–Crippen MR) is 87.9 cm³/mol. The molecule has 0 aliphatic carbocycles. The first-order valence-electron chi connectivity index (χ1n) is 8.10. The number of hydrogen-bond acceptors (Lipinski definition) is 6. The number of aromatic nitrogens is 2. The highest BCUT2D eigenvalue weighted by atomic mass is 32.2. The van der Waals surface area contributed by atoms with Gasteiger partial charge in [0.05, 0.1) is 19.0 Å². The van der Waals surface area contributed by atoms with Gasteiger partial charge in [0, 0.05) is 44.5 Å². The van der Waals surface area contributed by atoms with Gasteiger partial charge in [-0.1, -0.05) is 6.92 Å². The summed E-state index contributed by atoms with van der Waals surface area (Å²) >= 11 is 0. The zero-order valence-electron chi connectivity index (χ0n) is 13.7. The molecule has 7 nitrogen and oxygen atoms in total. The van der Waals surface area contributed by atoms with Gasteiger partial charge in [-0.15, -0.1) is 0 Å². The third-order valence-electron chi connectivity index (χ3n) is 4.66. The van der Waals surface area contributed by atoms with Crippen LogP contribution < -0.4 is 4.90 Å². The molecule has 23 heavy (non-hydrogen) atoms. The van der Waals surface area contributed by atoms with Gasteiger partial charge >= 0.3 is 0 Å². The van der Waals surface area contributed by atoms with Crippen LogP contribution >= 0.6 is 0 Å². The lowest BCUT2D eigenvalue weighted by atomic mass is 9.94. The van der Waals surface area contributed by atoms with Crippen molar-refractivity contribution in [3.8, 4) is 0 Å². The molecule has 0 aromatic carbocycles. The van der Waals surface area contributed by atoms with Crippen molar-refractivity contribution in [1.29, 1.82) is 0 Å². The molecule has 0 unspecified atom stereocenters. The monoisotopic (exact) mass is 340 g/mol. The lowest BCUT2D eigenvalue weighted by Gasteiger charge is -2.36. The van der Waals surface area contributed by atoms with Gasteiger partial charge in [-0.3, -0.25) is 0 Å². The van der Waals surface area contributed by atoms with Crippen molar-refractivity contribution >= 4 is 16.0 Å². The van der Waals surface area contributed by atoms with Crippen LogP contribution in [0.3, 0.4) is 0 Å². The maximum absolute atomic E-state index is 11.7. The fourth-order valence-corrected chi connectivity index (χ4v) is 4.05. The Morgan fingerprint density at radius 1 is 1.26 bits per heavy atom. The molecule has 128 valence electrons. The Morgan fingerprint density at radius 3 is 2.65 bits per heavy atom. The Labute approximate surface area is 137 Å². The molecule has 0 radical (unpaired) electrons. The van der Waals surface area contributed by atoms with Crippen LogP contribution in [0.4, 0.5) is 5.95 Å². The first-order valence-corrected chi connectivity index (χ1v) is 9.95. The zero-order valence-corrected chi connectivity index (χ0v) is 14.5. The summed E-state index contributed by atoms with van der Waals surface area (Å²) in [6.07, 6.45) is 6.70. The Hall–Kier alpha value is -1.25. The molecule has 2 aliphatic rings. The number of piperidine rings is 1. The first kappa shape index (κ1) is 16.6. The van der Waals surface area contributed by atoms with Crippen LogP contribution in [0, 0.1) is 5.92 Å². The van der Waals surface area contributed by atoms with E-state index in [0.29, 0.717) is 25.6 Å². The molecule has 1 aromatic heterocycles. The second-order valence-electron chi connectivity index (χ2n) is 6.27. The topological polar surface area (TPSA) is 75.6 Å². The van der Waals surface area contributed by atoms with Crippen LogP contribution in [-0.4, -0.2) is 67.8 Å². The summed E-state index contributed by atoms with van der Waals surface area (Å²) in [6, 6.07) is 0. The van der Waals surface area contributed by atoms with Gasteiger partial charge in [0.25, 0.3) is 0 Å². The Bertz CT molecular complexity index is 635. The van der Waals surface area contributed by atoms with Crippen molar-refractivity contribution in [1.82, 2.24) is 14.3 Å². The van der Waals surface area contributed by atoms with E-state index in [-0.39, 0.29) is 6.10 Å². The van der Waals surface area contributed by atoms with Crippen LogP contribution in [0.25, 0.3) is 0 Å². The van der Waals surface area contributed by atoms with Crippen LogP contribution in [0.1, 0.15) is 18.9 Å². The summed E-state index contributed by atoms with van der Waals surface area (Å²) in [6.45, 7) is 5.21. The SMILES string of the molecule is CCc1cnc(N2CCO[C@H]3CN(S(C)(=O)=O)CC[C@H]3C2)nc1. The standard InChI is InChI=1S/C15H24N4O3S/c1-3-12-8-16-15(17-9-12)18-6-7-22-14-11-19(23(2,20)21)5-4-13(14)10-18/h8-9,13-14H,3-7,10-11H2,1-2H3/t13-,14-/m0/s1. The Balaban J connectivity index is 1.70. The first-order chi connectivity index (χ1) is 11.0. The lowest BCUT2D eigenvalue weighted by molar-refractivity contribution is -0.00164. The summed E-state index contributed by atoms with van der Waals surface area (Å²) in [4.78, 5) is 11.1. The molecule has 2 saturated heterocycles. The highest BCUT2D eigenvalue weighted by Gasteiger charge is 2.36. The van der Waals surface area contributed by atoms with Gasteiger partial charge in [0.2, 0.25) is 16.0 Å². The summed E-state index contributed by atoms with van der Waals surface area (Å²) in [5.74, 6) is 1.04. The molecular formula is C15H24N4O3S. The maximum Gasteiger partial charge on any atom is 0.225 e. The number of rotatable bonds is 3. The number of ether oxygens (including phenoxy) is 1. The summed E-state index contributed by atoms with van der Waals surface area (Å²) in [7, 11) is -3.15. The smallest absolute Gasteiger partial charge is 0.225 e. The van der Waals surface area contributed by atoms with Gasteiger partial charge in [-0.05, 0) is 18.4 Å². The molecule has 1 aromatic rings. The molecule has 0 spiro atoms. The molecule has 8 heteroatoms. The van der Waals surface area contributed by atoms with Gasteiger partial charge in [-0.2, -0.15) is 4.31 Å². The largest absolute Gasteiger partial charge is 0.375 e. The third-order valence-corrected chi connectivity index (χ3v) is 5.93. The number of nitrogens with zero attached hydrogens (tertiary/aromatic N) is 4. The molecule has 3 rings (SSSR count). The predicted octanol–water partition coefficient (Wildman–Crippen LogP) is 0.526. The lowest BCUT2D eigenvalue weighted by Crippen LogP contribution is -2.48. The van der Waals surface area contributed by atoms with E-state index in [4.69, 9.17) is 4.74 Å². The van der Waals surface area contributed by atoms with Crippen LogP contribution in [-0.2, 0) is 21.2 Å². The van der Waals surface area contributed by atoms with Crippen molar-refractivity contribution < 1.29 is 13.2 Å². The van der Waals surface area contributed by atoms with Crippen molar-refractivity contribution in [3.63, 3.8) is 0 Å². The maximum atomic E-state index is 11.7. The van der Waals surface area contributed by atoms with Gasteiger partial charge in [0.1, 0.15) is 0 Å². The van der Waals surface area contributed by atoms with E-state index in [1.807, 2.05) is 12.4 Å². The van der Waals surface area contributed by atoms with Gasteiger partial charge in [0.15, 0.2) is 0 Å². The minimum Gasteiger partial charge on any atom is -0.375 e.